The molecular formula is C20H24N2O4. The number of amides is 1. The molecule has 2 aliphatic heterocycles. The van der Waals surface area contributed by atoms with E-state index < -0.39 is 0 Å². The number of hydrogen-bond donors (Lipinski definition) is 0. The highest BCUT2D eigenvalue weighted by molar-refractivity contribution is 5.95. The fraction of sp³-hybridized carbons (Fsp3) is 0.500. The summed E-state index contributed by atoms with van der Waals surface area (Å²) in [7, 11) is 0. The molecule has 6 heteroatoms. The Hall–Kier alpha value is -2.18. The predicted molar refractivity (Wildman–Crippen MR) is 94.7 cm³/mol. The molecule has 1 spiro atoms. The number of carbonyl (C=O) groups excluding carboxylic acids is 1. The summed E-state index contributed by atoms with van der Waals surface area (Å²) >= 11 is 0. The quantitative estimate of drug-likeness (QED) is 0.843. The van der Waals surface area contributed by atoms with E-state index >= 15 is 0 Å². The summed E-state index contributed by atoms with van der Waals surface area (Å²) in [5, 5.41) is 0. The highest BCUT2D eigenvalue weighted by Gasteiger charge is 2.45. The summed E-state index contributed by atoms with van der Waals surface area (Å²) in [6.07, 6.45) is 7.91. The van der Waals surface area contributed by atoms with Gasteiger partial charge in [-0.25, -0.2) is 0 Å². The smallest absolute Gasteiger partial charge is 0.257 e. The maximum atomic E-state index is 12.8. The van der Waals surface area contributed by atoms with Gasteiger partial charge in [0.2, 0.25) is 0 Å². The lowest BCUT2D eigenvalue weighted by Crippen LogP contribution is -2.50. The predicted octanol–water partition coefficient (Wildman–Crippen LogP) is 2.96. The summed E-state index contributed by atoms with van der Waals surface area (Å²) in [5.74, 6) is 0.695. The van der Waals surface area contributed by atoms with E-state index in [1.54, 1.807) is 24.7 Å². The van der Waals surface area contributed by atoms with E-state index in [9.17, 15) is 4.79 Å². The lowest BCUT2D eigenvalue weighted by molar-refractivity contribution is -0.0466. The van der Waals surface area contributed by atoms with Gasteiger partial charge in [-0.05, 0) is 43.5 Å². The minimum atomic E-state index is -0.283. The maximum Gasteiger partial charge on any atom is 0.257 e. The van der Waals surface area contributed by atoms with Gasteiger partial charge in [0.05, 0.1) is 43.3 Å². The van der Waals surface area contributed by atoms with Crippen LogP contribution in [0.5, 0.6) is 0 Å². The van der Waals surface area contributed by atoms with Crippen LogP contribution in [0.4, 0.5) is 0 Å². The number of aryl methyl sites for hydroxylation is 1. The van der Waals surface area contributed by atoms with Crippen LogP contribution < -0.4 is 0 Å². The topological polar surface area (TPSA) is 64.8 Å². The van der Waals surface area contributed by atoms with Crippen LogP contribution in [0.1, 0.15) is 40.9 Å². The van der Waals surface area contributed by atoms with Crippen molar-refractivity contribution in [1.29, 1.82) is 0 Å². The van der Waals surface area contributed by atoms with Gasteiger partial charge in [-0.1, -0.05) is 0 Å². The average molecular weight is 356 g/mol. The molecule has 0 aromatic carbocycles. The highest BCUT2D eigenvalue weighted by atomic mass is 16.6. The van der Waals surface area contributed by atoms with Gasteiger partial charge < -0.3 is 18.8 Å². The number of carbonyl (C=O) groups is 1. The van der Waals surface area contributed by atoms with Gasteiger partial charge in [0.25, 0.3) is 5.91 Å². The molecule has 0 saturated carbocycles. The van der Waals surface area contributed by atoms with Crippen LogP contribution >= 0.6 is 0 Å². The van der Waals surface area contributed by atoms with Gasteiger partial charge >= 0.3 is 0 Å². The first-order chi connectivity index (χ1) is 12.7. The summed E-state index contributed by atoms with van der Waals surface area (Å²) in [6, 6.07) is 5.66. The average Bonchev–Trinajstić information content (AvgIpc) is 3.27. The molecule has 26 heavy (non-hydrogen) atoms. The van der Waals surface area contributed by atoms with Crippen LogP contribution in [0.2, 0.25) is 0 Å². The Morgan fingerprint density at radius 2 is 2.23 bits per heavy atom. The molecule has 0 bridgehead atoms. The van der Waals surface area contributed by atoms with Crippen molar-refractivity contribution in [3.63, 3.8) is 0 Å². The number of aromatic nitrogens is 1. The Labute approximate surface area is 153 Å². The molecule has 2 aliphatic rings. The van der Waals surface area contributed by atoms with Gasteiger partial charge in [-0.3, -0.25) is 9.78 Å². The number of rotatable bonds is 4. The molecule has 2 fully saturated rings. The lowest BCUT2D eigenvalue weighted by Gasteiger charge is -2.39. The van der Waals surface area contributed by atoms with Crippen LogP contribution in [-0.4, -0.2) is 47.2 Å². The monoisotopic (exact) mass is 356 g/mol. The van der Waals surface area contributed by atoms with Crippen molar-refractivity contribution in [2.24, 2.45) is 0 Å². The van der Waals surface area contributed by atoms with E-state index in [1.807, 2.05) is 24.0 Å². The molecule has 138 valence electrons. The van der Waals surface area contributed by atoms with Gasteiger partial charge in [0.15, 0.2) is 0 Å². The number of nitrogens with zero attached hydrogens (tertiary/aromatic N) is 2. The fourth-order valence-corrected chi connectivity index (χ4v) is 3.94. The molecule has 2 aromatic rings. The molecule has 0 aliphatic carbocycles. The van der Waals surface area contributed by atoms with E-state index in [2.05, 4.69) is 4.98 Å². The number of hydrogen-bond acceptors (Lipinski definition) is 5. The lowest BCUT2D eigenvalue weighted by atomic mass is 9.89. The molecule has 0 radical (unpaired) electrons. The first-order valence-electron chi connectivity index (χ1n) is 9.13. The molecule has 6 nitrogen and oxygen atoms in total. The van der Waals surface area contributed by atoms with Gasteiger partial charge in [-0.2, -0.15) is 0 Å². The largest absolute Gasteiger partial charge is 0.469 e. The summed E-state index contributed by atoms with van der Waals surface area (Å²) < 4.78 is 17.5. The highest BCUT2D eigenvalue weighted by Crippen LogP contribution is 2.36. The zero-order chi connectivity index (χ0) is 18.0. The zero-order valence-electron chi connectivity index (χ0n) is 15.0. The van der Waals surface area contributed by atoms with Crippen molar-refractivity contribution in [2.75, 3.05) is 19.7 Å². The number of ether oxygens (including phenoxy) is 2. The summed E-state index contributed by atoms with van der Waals surface area (Å²) in [4.78, 5) is 18.7. The Morgan fingerprint density at radius 1 is 1.38 bits per heavy atom. The normalized spacial score (nSPS) is 25.7. The molecule has 4 heterocycles. The van der Waals surface area contributed by atoms with Crippen molar-refractivity contribution < 1.29 is 18.7 Å². The van der Waals surface area contributed by atoms with E-state index in [0.717, 1.165) is 31.4 Å². The van der Waals surface area contributed by atoms with Crippen LogP contribution in [0.15, 0.2) is 41.3 Å². The first kappa shape index (κ1) is 17.2. The molecular weight excluding hydrogens is 332 g/mol. The third-order valence-corrected chi connectivity index (χ3v) is 5.33. The van der Waals surface area contributed by atoms with E-state index in [4.69, 9.17) is 13.9 Å². The van der Waals surface area contributed by atoms with Crippen LogP contribution in [-0.2, 0) is 16.1 Å². The van der Waals surface area contributed by atoms with E-state index in [-0.39, 0.29) is 17.6 Å². The minimum absolute atomic E-state index is 0.0279. The molecule has 2 aromatic heterocycles. The van der Waals surface area contributed by atoms with Gasteiger partial charge in [0.1, 0.15) is 5.76 Å². The second kappa shape index (κ2) is 7.21. The van der Waals surface area contributed by atoms with Gasteiger partial charge in [-0.15, -0.1) is 0 Å². The molecule has 2 saturated heterocycles. The number of likely N-dealkylation sites (tertiary alicyclic amines) is 1. The fourth-order valence-electron chi connectivity index (χ4n) is 3.94. The standard InChI is InChI=1S/C20H24N2O4/c1-15-18(5-10-24-15)19(23)22-9-2-6-20(14-22)11-17(13-26-20)25-12-16-3-7-21-8-4-16/h3-5,7-8,10,17H,2,6,9,11-14H2,1H3/t17-,20+/m1/s1. The first-order valence-corrected chi connectivity index (χ1v) is 9.13. The zero-order valence-corrected chi connectivity index (χ0v) is 15.0. The van der Waals surface area contributed by atoms with Crippen molar-refractivity contribution >= 4 is 5.91 Å². The second-order valence-electron chi connectivity index (χ2n) is 7.21. The van der Waals surface area contributed by atoms with E-state index in [0.29, 0.717) is 31.1 Å². The van der Waals surface area contributed by atoms with Crippen LogP contribution in [0.3, 0.4) is 0 Å². The molecule has 1 amide bonds. The Morgan fingerprint density at radius 3 is 3.00 bits per heavy atom. The second-order valence-corrected chi connectivity index (χ2v) is 7.21. The Bertz CT molecular complexity index is 760. The van der Waals surface area contributed by atoms with Crippen molar-refractivity contribution in [1.82, 2.24) is 9.88 Å². The third kappa shape index (κ3) is 3.52. The Kier molecular flexibility index (Phi) is 4.78. The van der Waals surface area contributed by atoms with Crippen molar-refractivity contribution in [3.8, 4) is 0 Å². The van der Waals surface area contributed by atoms with Gasteiger partial charge in [0, 0.05) is 25.4 Å². The summed E-state index contributed by atoms with van der Waals surface area (Å²) in [6.45, 7) is 4.34. The summed E-state index contributed by atoms with van der Waals surface area (Å²) in [5.41, 5.74) is 1.47. The third-order valence-electron chi connectivity index (χ3n) is 5.33. The molecule has 0 unspecified atom stereocenters. The molecule has 0 N–H and O–H groups in total. The number of piperidine rings is 1. The number of furan rings is 1. The van der Waals surface area contributed by atoms with Crippen LogP contribution in [0.25, 0.3) is 0 Å². The minimum Gasteiger partial charge on any atom is -0.469 e. The SMILES string of the molecule is Cc1occc1C(=O)N1CCC[C@]2(C[C@@H](OCc3ccncc3)CO2)C1. The number of pyridine rings is 1. The van der Waals surface area contributed by atoms with Crippen LogP contribution in [0, 0.1) is 6.92 Å². The molecule has 4 rings (SSSR count). The maximum absolute atomic E-state index is 12.8. The Balaban J connectivity index is 1.36. The van der Waals surface area contributed by atoms with E-state index in [1.165, 1.54) is 0 Å². The van der Waals surface area contributed by atoms with Crippen molar-refractivity contribution in [3.05, 3.63) is 53.7 Å². The molecule has 2 atom stereocenters. The van der Waals surface area contributed by atoms with Crippen molar-refractivity contribution in [2.45, 2.75) is 44.5 Å².